The number of aryl methyl sites for hydroxylation is 1. The van der Waals surface area contributed by atoms with Crippen molar-refractivity contribution < 1.29 is 9.16 Å². The standard InChI is InChI=1S/C18H30O2Si/c1-4-14-21(15-13-19-6-3)20-12-8-11-18-10-7-9-17(5-2)16-18/h5,7,9-10,16,21H,2,4,6,8,11-15H2,1,3H3. The van der Waals surface area contributed by atoms with Crippen molar-refractivity contribution in [1.29, 1.82) is 0 Å². The van der Waals surface area contributed by atoms with E-state index < -0.39 is 9.04 Å². The van der Waals surface area contributed by atoms with Gasteiger partial charge in [0.05, 0.1) is 0 Å². The molecule has 118 valence electrons. The zero-order valence-corrected chi connectivity index (χ0v) is 14.8. The van der Waals surface area contributed by atoms with Gasteiger partial charge in [-0.25, -0.2) is 0 Å². The molecule has 0 spiro atoms. The SMILES string of the molecule is C=Cc1cccc(CCCO[SiH](CCC)CCOCC)c1. The minimum absolute atomic E-state index is 0.812. The van der Waals surface area contributed by atoms with E-state index in [2.05, 4.69) is 44.7 Å². The number of rotatable bonds is 12. The molecule has 2 nitrogen and oxygen atoms in total. The van der Waals surface area contributed by atoms with Gasteiger partial charge in [-0.2, -0.15) is 0 Å². The number of ether oxygens (including phenoxy) is 1. The second-order valence-electron chi connectivity index (χ2n) is 5.32. The van der Waals surface area contributed by atoms with Crippen molar-refractivity contribution in [2.75, 3.05) is 19.8 Å². The minimum Gasteiger partial charge on any atom is -0.420 e. The van der Waals surface area contributed by atoms with Crippen molar-refractivity contribution in [2.24, 2.45) is 0 Å². The Hall–Kier alpha value is -0.903. The van der Waals surface area contributed by atoms with Gasteiger partial charge in [-0.1, -0.05) is 50.3 Å². The van der Waals surface area contributed by atoms with Crippen molar-refractivity contribution in [2.45, 2.75) is 45.2 Å². The molecule has 0 aliphatic rings. The van der Waals surface area contributed by atoms with Gasteiger partial charge in [0.1, 0.15) is 0 Å². The molecule has 0 heterocycles. The molecule has 0 radical (unpaired) electrons. The molecule has 1 rings (SSSR count). The lowest BCUT2D eigenvalue weighted by molar-refractivity contribution is 0.157. The first-order chi connectivity index (χ1) is 10.3. The monoisotopic (exact) mass is 306 g/mol. The lowest BCUT2D eigenvalue weighted by Crippen LogP contribution is -2.20. The van der Waals surface area contributed by atoms with Gasteiger partial charge in [0.2, 0.25) is 0 Å². The Kier molecular flexibility index (Phi) is 10.1. The first-order valence-corrected chi connectivity index (χ1v) is 10.3. The maximum atomic E-state index is 6.15. The average Bonchev–Trinajstić information content (AvgIpc) is 2.52. The first-order valence-electron chi connectivity index (χ1n) is 8.20. The summed E-state index contributed by atoms with van der Waals surface area (Å²) in [5.41, 5.74) is 2.57. The molecule has 21 heavy (non-hydrogen) atoms. The predicted octanol–water partition coefficient (Wildman–Crippen LogP) is 4.45. The second-order valence-corrected chi connectivity index (χ2v) is 8.05. The Labute approximate surface area is 131 Å². The molecule has 1 unspecified atom stereocenters. The predicted molar refractivity (Wildman–Crippen MR) is 94.4 cm³/mol. The van der Waals surface area contributed by atoms with Crippen LogP contribution in [0.2, 0.25) is 12.1 Å². The third-order valence-corrected chi connectivity index (χ3v) is 6.36. The Morgan fingerprint density at radius 1 is 1.19 bits per heavy atom. The van der Waals surface area contributed by atoms with Gasteiger partial charge in [0, 0.05) is 19.8 Å². The summed E-state index contributed by atoms with van der Waals surface area (Å²) in [6.45, 7) is 10.7. The van der Waals surface area contributed by atoms with Crippen LogP contribution in [0.4, 0.5) is 0 Å². The summed E-state index contributed by atoms with van der Waals surface area (Å²) in [6, 6.07) is 11.0. The molecule has 0 aromatic heterocycles. The average molecular weight is 307 g/mol. The van der Waals surface area contributed by atoms with Crippen LogP contribution < -0.4 is 0 Å². The van der Waals surface area contributed by atoms with Crippen molar-refractivity contribution in [1.82, 2.24) is 0 Å². The third-order valence-electron chi connectivity index (χ3n) is 3.55. The third kappa shape index (κ3) is 8.20. The molecule has 1 atom stereocenters. The largest absolute Gasteiger partial charge is 0.420 e. The van der Waals surface area contributed by atoms with E-state index in [1.807, 2.05) is 6.08 Å². The lowest BCUT2D eigenvalue weighted by atomic mass is 10.1. The van der Waals surface area contributed by atoms with Crippen LogP contribution in [0.1, 0.15) is 37.8 Å². The Balaban J connectivity index is 2.24. The quantitative estimate of drug-likeness (QED) is 0.419. The van der Waals surface area contributed by atoms with Crippen molar-refractivity contribution in [3.05, 3.63) is 42.0 Å². The summed E-state index contributed by atoms with van der Waals surface area (Å²) in [4.78, 5) is 0. The van der Waals surface area contributed by atoms with Crippen LogP contribution in [0.15, 0.2) is 30.8 Å². The van der Waals surface area contributed by atoms with Crippen LogP contribution in [0.25, 0.3) is 6.08 Å². The highest BCUT2D eigenvalue weighted by molar-refractivity contribution is 6.51. The topological polar surface area (TPSA) is 18.5 Å². The summed E-state index contributed by atoms with van der Waals surface area (Å²) >= 11 is 0. The highest BCUT2D eigenvalue weighted by atomic mass is 28.3. The molecular weight excluding hydrogens is 276 g/mol. The number of hydrogen-bond donors (Lipinski definition) is 0. The zero-order chi connectivity index (χ0) is 15.3. The molecule has 0 saturated carbocycles. The Bertz CT molecular complexity index is 393. The molecule has 0 saturated heterocycles. The van der Waals surface area contributed by atoms with E-state index >= 15 is 0 Å². The van der Waals surface area contributed by atoms with E-state index in [9.17, 15) is 0 Å². The normalized spacial score (nSPS) is 12.3. The molecule has 1 aromatic rings. The van der Waals surface area contributed by atoms with Crippen molar-refractivity contribution >= 4 is 15.1 Å². The molecule has 0 aliphatic heterocycles. The smallest absolute Gasteiger partial charge is 0.179 e. The summed E-state index contributed by atoms with van der Waals surface area (Å²) in [5.74, 6) is 0. The zero-order valence-electron chi connectivity index (χ0n) is 13.6. The van der Waals surface area contributed by atoms with E-state index in [-0.39, 0.29) is 0 Å². The fraction of sp³-hybridized carbons (Fsp3) is 0.556. The second kappa shape index (κ2) is 11.7. The van der Waals surface area contributed by atoms with Gasteiger partial charge in [-0.3, -0.25) is 0 Å². The number of benzene rings is 1. The van der Waals surface area contributed by atoms with Gasteiger partial charge < -0.3 is 9.16 Å². The first kappa shape index (κ1) is 18.1. The Morgan fingerprint density at radius 2 is 2.05 bits per heavy atom. The van der Waals surface area contributed by atoms with Crippen LogP contribution in [0, 0.1) is 0 Å². The van der Waals surface area contributed by atoms with Gasteiger partial charge >= 0.3 is 0 Å². The van der Waals surface area contributed by atoms with Crippen LogP contribution in [0.5, 0.6) is 0 Å². The fourth-order valence-electron chi connectivity index (χ4n) is 2.39. The van der Waals surface area contributed by atoms with Gasteiger partial charge in [0.15, 0.2) is 9.04 Å². The molecule has 0 amide bonds. The van der Waals surface area contributed by atoms with Crippen LogP contribution >= 0.6 is 0 Å². The van der Waals surface area contributed by atoms with E-state index in [1.54, 1.807) is 0 Å². The van der Waals surface area contributed by atoms with E-state index in [0.29, 0.717) is 0 Å². The maximum Gasteiger partial charge on any atom is 0.179 e. The Morgan fingerprint density at radius 3 is 2.76 bits per heavy atom. The summed E-state index contributed by atoms with van der Waals surface area (Å²) in [6.07, 6.45) is 5.31. The lowest BCUT2D eigenvalue weighted by Gasteiger charge is -2.15. The van der Waals surface area contributed by atoms with Crippen molar-refractivity contribution in [3.8, 4) is 0 Å². The molecule has 0 fully saturated rings. The van der Waals surface area contributed by atoms with E-state index in [4.69, 9.17) is 9.16 Å². The highest BCUT2D eigenvalue weighted by Gasteiger charge is 2.10. The maximum absolute atomic E-state index is 6.15. The summed E-state index contributed by atoms with van der Waals surface area (Å²) in [5, 5.41) is 0. The van der Waals surface area contributed by atoms with Gasteiger partial charge in [-0.15, -0.1) is 0 Å². The molecule has 3 heteroatoms. The molecule has 1 aromatic carbocycles. The van der Waals surface area contributed by atoms with Crippen molar-refractivity contribution in [3.63, 3.8) is 0 Å². The van der Waals surface area contributed by atoms with Gasteiger partial charge in [0.25, 0.3) is 0 Å². The van der Waals surface area contributed by atoms with Crippen LogP contribution in [0.3, 0.4) is 0 Å². The number of hydrogen-bond acceptors (Lipinski definition) is 2. The van der Waals surface area contributed by atoms with Crippen LogP contribution in [-0.2, 0) is 15.6 Å². The molecule has 0 aliphatic carbocycles. The highest BCUT2D eigenvalue weighted by Crippen LogP contribution is 2.10. The molecule has 0 bridgehead atoms. The van der Waals surface area contributed by atoms with Gasteiger partial charge in [-0.05, 0) is 43.0 Å². The van der Waals surface area contributed by atoms with E-state index in [0.717, 1.165) is 38.7 Å². The minimum atomic E-state index is -1.05. The summed E-state index contributed by atoms with van der Waals surface area (Å²) < 4.78 is 11.6. The van der Waals surface area contributed by atoms with Crippen LogP contribution in [-0.4, -0.2) is 28.9 Å². The molecule has 0 N–H and O–H groups in total. The van der Waals surface area contributed by atoms with E-state index in [1.165, 1.54) is 23.6 Å². The fourth-order valence-corrected chi connectivity index (χ4v) is 4.59. The molecular formula is C18H30O2Si. The summed E-state index contributed by atoms with van der Waals surface area (Å²) in [7, 11) is -1.05.